The standard InChI is InChI=1S/C12H26N2/c1-9(2)11-7-5-6-8-12(11,14-13)10(3)4/h9-11,14H,5-8,13H2,1-4H3. The smallest absolute Gasteiger partial charge is 0.0374 e. The van der Waals surface area contributed by atoms with Crippen LogP contribution < -0.4 is 11.3 Å². The average molecular weight is 198 g/mol. The molecule has 1 aliphatic rings. The molecular weight excluding hydrogens is 172 g/mol. The highest BCUT2D eigenvalue weighted by Gasteiger charge is 2.43. The molecule has 0 spiro atoms. The highest BCUT2D eigenvalue weighted by atomic mass is 15.3. The zero-order valence-electron chi connectivity index (χ0n) is 10.1. The molecule has 0 radical (unpaired) electrons. The number of nitrogens with one attached hydrogen (secondary N) is 1. The molecule has 1 saturated carbocycles. The third kappa shape index (κ3) is 1.96. The summed E-state index contributed by atoms with van der Waals surface area (Å²) in [6, 6.07) is 0. The van der Waals surface area contributed by atoms with Gasteiger partial charge in [-0.1, -0.05) is 40.5 Å². The summed E-state index contributed by atoms with van der Waals surface area (Å²) in [5.74, 6) is 7.91. The van der Waals surface area contributed by atoms with Crippen LogP contribution in [0.15, 0.2) is 0 Å². The van der Waals surface area contributed by atoms with Gasteiger partial charge in [-0.2, -0.15) is 0 Å². The molecule has 1 aliphatic carbocycles. The van der Waals surface area contributed by atoms with E-state index in [1.54, 1.807) is 0 Å². The molecule has 0 aromatic rings. The molecular formula is C12H26N2. The summed E-state index contributed by atoms with van der Waals surface area (Å²) in [4.78, 5) is 0. The Bertz CT molecular complexity index is 177. The molecule has 0 amide bonds. The maximum Gasteiger partial charge on any atom is 0.0374 e. The zero-order valence-corrected chi connectivity index (χ0v) is 10.1. The van der Waals surface area contributed by atoms with Crippen LogP contribution in [0.5, 0.6) is 0 Å². The van der Waals surface area contributed by atoms with E-state index in [4.69, 9.17) is 5.84 Å². The number of hydrogen-bond donors (Lipinski definition) is 2. The Kier molecular flexibility index (Phi) is 3.96. The molecule has 2 atom stereocenters. The van der Waals surface area contributed by atoms with Crippen molar-refractivity contribution in [3.05, 3.63) is 0 Å². The normalized spacial score (nSPS) is 34.1. The Labute approximate surface area is 88.6 Å². The highest BCUT2D eigenvalue weighted by molar-refractivity contribution is 4.98. The van der Waals surface area contributed by atoms with Crippen LogP contribution in [0.2, 0.25) is 0 Å². The van der Waals surface area contributed by atoms with Crippen molar-refractivity contribution in [1.29, 1.82) is 0 Å². The molecule has 0 aliphatic heterocycles. The first kappa shape index (κ1) is 12.0. The second-order valence-corrected chi connectivity index (χ2v) is 5.44. The molecule has 0 bridgehead atoms. The van der Waals surface area contributed by atoms with Gasteiger partial charge in [0.05, 0.1) is 0 Å². The Morgan fingerprint density at radius 3 is 2.21 bits per heavy atom. The van der Waals surface area contributed by atoms with Gasteiger partial charge < -0.3 is 0 Å². The molecule has 0 heterocycles. The van der Waals surface area contributed by atoms with Gasteiger partial charge in [-0.3, -0.25) is 11.3 Å². The van der Waals surface area contributed by atoms with Gasteiger partial charge in [0.25, 0.3) is 0 Å². The van der Waals surface area contributed by atoms with Crippen molar-refractivity contribution in [1.82, 2.24) is 5.43 Å². The van der Waals surface area contributed by atoms with E-state index in [-0.39, 0.29) is 5.54 Å². The Balaban J connectivity index is 2.87. The summed E-state index contributed by atoms with van der Waals surface area (Å²) in [5, 5.41) is 0. The average Bonchev–Trinajstić information content (AvgIpc) is 2.17. The van der Waals surface area contributed by atoms with Crippen LogP contribution >= 0.6 is 0 Å². The van der Waals surface area contributed by atoms with Crippen molar-refractivity contribution >= 4 is 0 Å². The van der Waals surface area contributed by atoms with Gasteiger partial charge in [0, 0.05) is 5.54 Å². The first-order valence-corrected chi connectivity index (χ1v) is 6.02. The first-order valence-electron chi connectivity index (χ1n) is 6.02. The van der Waals surface area contributed by atoms with Crippen LogP contribution in [0.25, 0.3) is 0 Å². The van der Waals surface area contributed by atoms with Crippen molar-refractivity contribution in [2.45, 2.75) is 58.9 Å². The minimum Gasteiger partial charge on any atom is -0.271 e. The molecule has 3 N–H and O–H groups in total. The van der Waals surface area contributed by atoms with Crippen LogP contribution in [0, 0.1) is 17.8 Å². The lowest BCUT2D eigenvalue weighted by Crippen LogP contribution is -2.60. The minimum absolute atomic E-state index is 0.187. The summed E-state index contributed by atoms with van der Waals surface area (Å²) < 4.78 is 0. The lowest BCUT2D eigenvalue weighted by molar-refractivity contribution is 0.0592. The maximum absolute atomic E-state index is 5.82. The van der Waals surface area contributed by atoms with Crippen LogP contribution in [-0.4, -0.2) is 5.54 Å². The minimum atomic E-state index is 0.187. The molecule has 0 aromatic heterocycles. The van der Waals surface area contributed by atoms with E-state index in [9.17, 15) is 0 Å². The fourth-order valence-electron chi connectivity index (χ4n) is 3.22. The van der Waals surface area contributed by atoms with Gasteiger partial charge in [-0.05, 0) is 30.6 Å². The maximum atomic E-state index is 5.82. The lowest BCUT2D eigenvalue weighted by Gasteiger charge is -2.49. The summed E-state index contributed by atoms with van der Waals surface area (Å²) in [6.07, 6.45) is 5.27. The van der Waals surface area contributed by atoms with Gasteiger partial charge in [-0.25, -0.2) is 0 Å². The van der Waals surface area contributed by atoms with Crippen LogP contribution in [0.3, 0.4) is 0 Å². The molecule has 2 unspecified atom stereocenters. The van der Waals surface area contributed by atoms with Gasteiger partial charge in [0.15, 0.2) is 0 Å². The summed E-state index contributed by atoms with van der Waals surface area (Å²) in [5.41, 5.74) is 3.34. The van der Waals surface area contributed by atoms with E-state index in [0.717, 1.165) is 11.8 Å². The van der Waals surface area contributed by atoms with Gasteiger partial charge in [0.1, 0.15) is 0 Å². The zero-order chi connectivity index (χ0) is 10.8. The van der Waals surface area contributed by atoms with Crippen molar-refractivity contribution in [3.63, 3.8) is 0 Å². The van der Waals surface area contributed by atoms with Gasteiger partial charge >= 0.3 is 0 Å². The van der Waals surface area contributed by atoms with Crippen LogP contribution in [0.4, 0.5) is 0 Å². The second-order valence-electron chi connectivity index (χ2n) is 5.44. The lowest BCUT2D eigenvalue weighted by atomic mass is 9.63. The third-order valence-electron chi connectivity index (χ3n) is 4.12. The molecule has 84 valence electrons. The first-order chi connectivity index (χ1) is 6.54. The molecule has 2 heteroatoms. The second kappa shape index (κ2) is 4.63. The Hall–Kier alpha value is -0.0800. The SMILES string of the molecule is CC(C)C1CCCCC1(NN)C(C)C. The molecule has 0 aromatic carbocycles. The number of hydrazine groups is 1. The van der Waals surface area contributed by atoms with E-state index in [0.29, 0.717) is 5.92 Å². The predicted molar refractivity (Wildman–Crippen MR) is 61.7 cm³/mol. The predicted octanol–water partition coefficient (Wildman–Crippen LogP) is 2.69. The summed E-state index contributed by atoms with van der Waals surface area (Å²) in [7, 11) is 0. The Morgan fingerprint density at radius 1 is 1.21 bits per heavy atom. The van der Waals surface area contributed by atoms with E-state index in [1.165, 1.54) is 25.7 Å². The van der Waals surface area contributed by atoms with Gasteiger partial charge in [0.2, 0.25) is 0 Å². The topological polar surface area (TPSA) is 38.0 Å². The van der Waals surface area contributed by atoms with Gasteiger partial charge in [-0.15, -0.1) is 0 Å². The Morgan fingerprint density at radius 2 is 1.86 bits per heavy atom. The number of hydrogen-bond acceptors (Lipinski definition) is 2. The summed E-state index contributed by atoms with van der Waals surface area (Å²) in [6.45, 7) is 9.23. The number of rotatable bonds is 3. The number of nitrogens with two attached hydrogens (primary N) is 1. The van der Waals surface area contributed by atoms with Crippen molar-refractivity contribution in [2.24, 2.45) is 23.6 Å². The van der Waals surface area contributed by atoms with E-state index in [1.807, 2.05) is 0 Å². The molecule has 1 rings (SSSR count). The van der Waals surface area contributed by atoms with E-state index < -0.39 is 0 Å². The molecule has 1 fully saturated rings. The quantitative estimate of drug-likeness (QED) is 0.540. The fraction of sp³-hybridized carbons (Fsp3) is 1.00. The van der Waals surface area contributed by atoms with Crippen molar-refractivity contribution in [2.75, 3.05) is 0 Å². The largest absolute Gasteiger partial charge is 0.271 e. The third-order valence-corrected chi connectivity index (χ3v) is 4.12. The van der Waals surface area contributed by atoms with Crippen LogP contribution in [-0.2, 0) is 0 Å². The molecule has 2 nitrogen and oxygen atoms in total. The fourth-order valence-corrected chi connectivity index (χ4v) is 3.22. The summed E-state index contributed by atoms with van der Waals surface area (Å²) >= 11 is 0. The van der Waals surface area contributed by atoms with Crippen LogP contribution in [0.1, 0.15) is 53.4 Å². The molecule has 14 heavy (non-hydrogen) atoms. The van der Waals surface area contributed by atoms with Crippen molar-refractivity contribution in [3.8, 4) is 0 Å². The van der Waals surface area contributed by atoms with E-state index in [2.05, 4.69) is 33.1 Å². The monoisotopic (exact) mass is 198 g/mol. The molecule has 0 saturated heterocycles. The van der Waals surface area contributed by atoms with E-state index >= 15 is 0 Å². The van der Waals surface area contributed by atoms with Crippen molar-refractivity contribution < 1.29 is 0 Å². The highest BCUT2D eigenvalue weighted by Crippen LogP contribution is 2.42.